The molecule has 1 aromatic rings. The van der Waals surface area contributed by atoms with Crippen LogP contribution in [0.2, 0.25) is 5.02 Å². The van der Waals surface area contributed by atoms with Crippen LogP contribution in [-0.2, 0) is 0 Å². The fraction of sp³-hybridized carbons (Fsp3) is 0.538. The maximum Gasteiger partial charge on any atom is 0.138 e. The van der Waals surface area contributed by atoms with Gasteiger partial charge in [0.1, 0.15) is 18.2 Å². The number of likely N-dealkylation sites (tertiary alicyclic amines) is 1. The molecule has 1 fully saturated rings. The summed E-state index contributed by atoms with van der Waals surface area (Å²) in [5.74, 6) is 0.796. The topological polar surface area (TPSA) is 38.5 Å². The van der Waals surface area contributed by atoms with E-state index in [1.54, 1.807) is 6.07 Å². The van der Waals surface area contributed by atoms with E-state index in [-0.39, 0.29) is 5.82 Å². The second-order valence-corrected chi connectivity index (χ2v) is 5.02. The lowest BCUT2D eigenvalue weighted by Crippen LogP contribution is -2.27. The van der Waals surface area contributed by atoms with Crippen LogP contribution < -0.4 is 10.5 Å². The second-order valence-electron chi connectivity index (χ2n) is 4.61. The average molecular weight is 273 g/mol. The van der Waals surface area contributed by atoms with E-state index >= 15 is 0 Å². The monoisotopic (exact) mass is 272 g/mol. The highest BCUT2D eigenvalue weighted by Gasteiger charge is 2.20. The zero-order chi connectivity index (χ0) is 13.0. The van der Waals surface area contributed by atoms with Gasteiger partial charge in [0.25, 0.3) is 0 Å². The van der Waals surface area contributed by atoms with Gasteiger partial charge in [0.15, 0.2) is 0 Å². The molecule has 0 saturated carbocycles. The summed E-state index contributed by atoms with van der Waals surface area (Å²) in [7, 11) is 0. The molecule has 2 rings (SSSR count). The molecule has 18 heavy (non-hydrogen) atoms. The molecule has 0 bridgehead atoms. The minimum Gasteiger partial charge on any atom is -0.491 e. The molecule has 1 atom stereocenters. The predicted molar refractivity (Wildman–Crippen MR) is 70.5 cm³/mol. The highest BCUT2D eigenvalue weighted by molar-refractivity contribution is 6.32. The fourth-order valence-electron chi connectivity index (χ4n) is 2.19. The lowest BCUT2D eigenvalue weighted by Gasteiger charge is -2.16. The number of nitrogens with two attached hydrogens (primary N) is 1. The Balaban J connectivity index is 1.75. The van der Waals surface area contributed by atoms with E-state index in [0.717, 1.165) is 32.6 Å². The lowest BCUT2D eigenvalue weighted by atomic mass is 10.1. The van der Waals surface area contributed by atoms with Crippen molar-refractivity contribution in [3.8, 4) is 5.75 Å². The number of halogens is 2. The Hall–Kier alpha value is -0.840. The van der Waals surface area contributed by atoms with Gasteiger partial charge in [-0.1, -0.05) is 11.6 Å². The van der Waals surface area contributed by atoms with Crippen LogP contribution >= 0.6 is 11.6 Å². The summed E-state index contributed by atoms with van der Waals surface area (Å²) in [5, 5.41) is 0.316. The van der Waals surface area contributed by atoms with E-state index in [1.165, 1.54) is 12.1 Å². The van der Waals surface area contributed by atoms with Crippen LogP contribution in [0, 0.1) is 11.7 Å². The molecular formula is C13H18ClFN2O. The fourth-order valence-corrected chi connectivity index (χ4v) is 2.41. The molecule has 0 spiro atoms. The first kappa shape index (κ1) is 13.6. The van der Waals surface area contributed by atoms with Crippen LogP contribution in [0.25, 0.3) is 0 Å². The van der Waals surface area contributed by atoms with Gasteiger partial charge in [-0.2, -0.15) is 0 Å². The van der Waals surface area contributed by atoms with Gasteiger partial charge in [-0.25, -0.2) is 4.39 Å². The highest BCUT2D eigenvalue weighted by Crippen LogP contribution is 2.24. The quantitative estimate of drug-likeness (QED) is 0.893. The molecule has 1 aromatic carbocycles. The van der Waals surface area contributed by atoms with E-state index in [1.807, 2.05) is 0 Å². The van der Waals surface area contributed by atoms with Crippen molar-refractivity contribution < 1.29 is 9.13 Å². The Bertz CT molecular complexity index is 403. The summed E-state index contributed by atoms with van der Waals surface area (Å²) < 4.78 is 18.4. The molecule has 1 heterocycles. The van der Waals surface area contributed by atoms with Gasteiger partial charge >= 0.3 is 0 Å². The molecule has 1 aliphatic rings. The van der Waals surface area contributed by atoms with Crippen molar-refractivity contribution in [2.45, 2.75) is 6.42 Å². The average Bonchev–Trinajstić information content (AvgIpc) is 2.80. The number of rotatable bonds is 5. The molecule has 3 nitrogen and oxygen atoms in total. The number of ether oxygens (including phenoxy) is 1. The summed E-state index contributed by atoms with van der Waals surface area (Å²) in [6, 6.07) is 4.17. The Morgan fingerprint density at radius 1 is 1.50 bits per heavy atom. The standard InChI is InChI=1S/C13H18ClFN2O/c14-12-7-11(15)1-2-13(12)18-6-5-17-4-3-10(8-16)9-17/h1-2,7,10H,3-6,8-9,16H2. The molecule has 1 aliphatic heterocycles. The first-order chi connectivity index (χ1) is 8.69. The van der Waals surface area contributed by atoms with Crippen LogP contribution in [0.5, 0.6) is 5.75 Å². The van der Waals surface area contributed by atoms with Gasteiger partial charge in [-0.15, -0.1) is 0 Å². The van der Waals surface area contributed by atoms with Crippen LogP contribution in [0.15, 0.2) is 18.2 Å². The zero-order valence-corrected chi connectivity index (χ0v) is 11.0. The van der Waals surface area contributed by atoms with Gasteiger partial charge in [0.2, 0.25) is 0 Å². The van der Waals surface area contributed by atoms with E-state index < -0.39 is 0 Å². The van der Waals surface area contributed by atoms with E-state index in [2.05, 4.69) is 4.90 Å². The Labute approximate surface area is 112 Å². The highest BCUT2D eigenvalue weighted by atomic mass is 35.5. The Morgan fingerprint density at radius 3 is 3.00 bits per heavy atom. The van der Waals surface area contributed by atoms with Crippen molar-refractivity contribution >= 4 is 11.6 Å². The van der Waals surface area contributed by atoms with Gasteiger partial charge in [-0.05, 0) is 43.6 Å². The van der Waals surface area contributed by atoms with Gasteiger partial charge in [0.05, 0.1) is 5.02 Å². The number of hydrogen-bond donors (Lipinski definition) is 1. The first-order valence-electron chi connectivity index (χ1n) is 6.19. The molecule has 0 radical (unpaired) electrons. The van der Waals surface area contributed by atoms with Crippen molar-refractivity contribution in [2.75, 3.05) is 32.8 Å². The van der Waals surface area contributed by atoms with Crippen LogP contribution in [0.4, 0.5) is 4.39 Å². The second kappa shape index (κ2) is 6.36. The number of hydrogen-bond acceptors (Lipinski definition) is 3. The van der Waals surface area contributed by atoms with E-state index in [9.17, 15) is 4.39 Å². The third-order valence-electron chi connectivity index (χ3n) is 3.26. The summed E-state index contributed by atoms with van der Waals surface area (Å²) >= 11 is 5.88. The van der Waals surface area contributed by atoms with Crippen LogP contribution in [0.3, 0.4) is 0 Å². The molecule has 0 aliphatic carbocycles. The largest absolute Gasteiger partial charge is 0.491 e. The molecular weight excluding hydrogens is 255 g/mol. The molecule has 1 unspecified atom stereocenters. The number of nitrogens with zero attached hydrogens (tertiary/aromatic N) is 1. The van der Waals surface area contributed by atoms with E-state index in [4.69, 9.17) is 22.1 Å². The predicted octanol–water partition coefficient (Wildman–Crippen LogP) is 2.14. The van der Waals surface area contributed by atoms with Crippen molar-refractivity contribution in [3.63, 3.8) is 0 Å². The lowest BCUT2D eigenvalue weighted by molar-refractivity contribution is 0.233. The maximum atomic E-state index is 12.8. The summed E-state index contributed by atoms with van der Waals surface area (Å²) in [6.45, 7) is 4.27. The smallest absolute Gasteiger partial charge is 0.138 e. The first-order valence-corrected chi connectivity index (χ1v) is 6.57. The summed E-state index contributed by atoms with van der Waals surface area (Å²) in [4.78, 5) is 2.33. The Kier molecular flexibility index (Phi) is 4.80. The van der Waals surface area contributed by atoms with Gasteiger partial charge in [0, 0.05) is 13.1 Å². The molecule has 1 saturated heterocycles. The SMILES string of the molecule is NCC1CCN(CCOc2ccc(F)cc2Cl)C1. The molecule has 5 heteroatoms. The van der Waals surface area contributed by atoms with Crippen molar-refractivity contribution in [1.29, 1.82) is 0 Å². The normalized spacial score (nSPS) is 20.3. The molecule has 100 valence electrons. The minimum absolute atomic E-state index is 0.316. The third-order valence-corrected chi connectivity index (χ3v) is 3.56. The minimum atomic E-state index is -0.349. The molecule has 0 amide bonds. The maximum absolute atomic E-state index is 12.8. The van der Waals surface area contributed by atoms with Crippen molar-refractivity contribution in [3.05, 3.63) is 29.0 Å². The number of benzene rings is 1. The van der Waals surface area contributed by atoms with E-state index in [0.29, 0.717) is 23.3 Å². The Morgan fingerprint density at radius 2 is 2.33 bits per heavy atom. The van der Waals surface area contributed by atoms with Crippen molar-refractivity contribution in [1.82, 2.24) is 4.90 Å². The zero-order valence-electron chi connectivity index (χ0n) is 10.2. The summed E-state index contributed by atoms with van der Waals surface area (Å²) in [5.41, 5.74) is 5.64. The molecule has 0 aromatic heterocycles. The van der Waals surface area contributed by atoms with Crippen molar-refractivity contribution in [2.24, 2.45) is 11.7 Å². The molecule has 2 N–H and O–H groups in total. The third kappa shape index (κ3) is 3.57. The summed E-state index contributed by atoms with van der Waals surface area (Å²) in [6.07, 6.45) is 1.16. The van der Waals surface area contributed by atoms with Crippen LogP contribution in [0.1, 0.15) is 6.42 Å². The van der Waals surface area contributed by atoms with Gasteiger partial charge < -0.3 is 10.5 Å². The van der Waals surface area contributed by atoms with Crippen LogP contribution in [-0.4, -0.2) is 37.7 Å². The van der Waals surface area contributed by atoms with Gasteiger partial charge in [-0.3, -0.25) is 4.90 Å².